The molecule has 0 bridgehead atoms. The molecule has 25 heavy (non-hydrogen) atoms. The molecular formula is C17H15ClFN3O2S. The second kappa shape index (κ2) is 6.59. The Kier molecular flexibility index (Phi) is 4.64. The fourth-order valence-corrected chi connectivity index (χ4v) is 3.29. The summed E-state index contributed by atoms with van der Waals surface area (Å²) in [6.07, 6.45) is 1.15. The minimum absolute atomic E-state index is 0.0626. The predicted octanol–water partition coefficient (Wildman–Crippen LogP) is 3.19. The normalized spacial score (nSPS) is 11.7. The van der Waals surface area contributed by atoms with Crippen LogP contribution in [-0.2, 0) is 16.4 Å². The smallest absolute Gasteiger partial charge is 0.175 e. The van der Waals surface area contributed by atoms with Crippen molar-refractivity contribution in [2.24, 2.45) is 5.73 Å². The molecule has 0 radical (unpaired) electrons. The van der Waals surface area contributed by atoms with E-state index in [4.69, 9.17) is 17.3 Å². The Morgan fingerprint density at radius 3 is 2.44 bits per heavy atom. The van der Waals surface area contributed by atoms with Gasteiger partial charge in [0.25, 0.3) is 0 Å². The molecule has 2 aromatic carbocycles. The first-order valence-corrected chi connectivity index (χ1v) is 9.61. The van der Waals surface area contributed by atoms with Crippen molar-refractivity contribution in [3.05, 3.63) is 65.1 Å². The molecule has 0 aliphatic heterocycles. The molecule has 0 spiro atoms. The van der Waals surface area contributed by atoms with Crippen molar-refractivity contribution in [3.8, 4) is 16.9 Å². The van der Waals surface area contributed by atoms with Gasteiger partial charge in [-0.25, -0.2) is 17.5 Å². The van der Waals surface area contributed by atoms with Crippen molar-refractivity contribution < 1.29 is 12.8 Å². The van der Waals surface area contributed by atoms with Crippen LogP contribution in [0.25, 0.3) is 16.9 Å². The monoisotopic (exact) mass is 379 g/mol. The summed E-state index contributed by atoms with van der Waals surface area (Å²) in [5.74, 6) is -0.386. The van der Waals surface area contributed by atoms with Gasteiger partial charge in [0.15, 0.2) is 15.0 Å². The zero-order valence-corrected chi connectivity index (χ0v) is 14.9. The fraction of sp³-hybridized carbons (Fsp3) is 0.118. The molecular weight excluding hydrogens is 365 g/mol. The molecule has 0 unspecified atom stereocenters. The maximum absolute atomic E-state index is 13.7. The summed E-state index contributed by atoms with van der Waals surface area (Å²) >= 11 is 6.05. The van der Waals surface area contributed by atoms with E-state index >= 15 is 0 Å². The van der Waals surface area contributed by atoms with E-state index in [1.807, 2.05) is 0 Å². The van der Waals surface area contributed by atoms with Crippen LogP contribution >= 0.6 is 11.6 Å². The topological polar surface area (TPSA) is 78.0 Å². The van der Waals surface area contributed by atoms with Crippen molar-refractivity contribution in [1.29, 1.82) is 0 Å². The maximum atomic E-state index is 13.7. The third kappa shape index (κ3) is 3.58. The third-order valence-corrected chi connectivity index (χ3v) is 5.06. The number of sulfone groups is 1. The summed E-state index contributed by atoms with van der Waals surface area (Å²) in [5.41, 5.74) is 7.91. The summed E-state index contributed by atoms with van der Waals surface area (Å²) in [7, 11) is -3.28. The maximum Gasteiger partial charge on any atom is 0.175 e. The molecule has 0 saturated carbocycles. The molecule has 5 nitrogen and oxygen atoms in total. The van der Waals surface area contributed by atoms with Gasteiger partial charge in [-0.15, -0.1) is 0 Å². The van der Waals surface area contributed by atoms with Crippen molar-refractivity contribution in [2.75, 3.05) is 6.26 Å². The van der Waals surface area contributed by atoms with Crippen LogP contribution in [0, 0.1) is 5.82 Å². The van der Waals surface area contributed by atoms with Crippen molar-refractivity contribution in [2.45, 2.75) is 11.4 Å². The first-order chi connectivity index (χ1) is 11.8. The molecule has 0 aliphatic rings. The highest BCUT2D eigenvalue weighted by Crippen LogP contribution is 2.27. The van der Waals surface area contributed by atoms with Gasteiger partial charge < -0.3 is 5.73 Å². The average molecular weight is 380 g/mol. The van der Waals surface area contributed by atoms with Crippen LogP contribution in [0.2, 0.25) is 5.15 Å². The number of hydrogen-bond acceptors (Lipinski definition) is 4. The van der Waals surface area contributed by atoms with E-state index in [1.165, 1.54) is 18.2 Å². The largest absolute Gasteiger partial charge is 0.326 e. The molecule has 0 saturated heterocycles. The zero-order valence-electron chi connectivity index (χ0n) is 13.3. The van der Waals surface area contributed by atoms with Crippen LogP contribution < -0.4 is 5.73 Å². The molecule has 8 heteroatoms. The average Bonchev–Trinajstić information content (AvgIpc) is 2.96. The van der Waals surface area contributed by atoms with Crippen LogP contribution in [0.15, 0.2) is 53.4 Å². The number of benzene rings is 2. The lowest BCUT2D eigenvalue weighted by Crippen LogP contribution is -2.04. The number of nitrogens with two attached hydrogens (primary N) is 1. The van der Waals surface area contributed by atoms with E-state index in [-0.39, 0.29) is 22.4 Å². The molecule has 0 aliphatic carbocycles. The van der Waals surface area contributed by atoms with Gasteiger partial charge >= 0.3 is 0 Å². The molecule has 0 fully saturated rings. The molecule has 3 aromatic rings. The first-order valence-electron chi connectivity index (χ1n) is 7.34. The summed E-state index contributed by atoms with van der Waals surface area (Å²) < 4.78 is 38.4. The van der Waals surface area contributed by atoms with Crippen LogP contribution in [-0.4, -0.2) is 24.5 Å². The lowest BCUT2D eigenvalue weighted by atomic mass is 10.1. The molecule has 1 aromatic heterocycles. The van der Waals surface area contributed by atoms with Crippen LogP contribution in [0.3, 0.4) is 0 Å². The number of rotatable bonds is 4. The Balaban J connectivity index is 2.10. The molecule has 1 heterocycles. The number of halogens is 2. The molecule has 0 amide bonds. The first kappa shape index (κ1) is 17.6. The quantitative estimate of drug-likeness (QED) is 0.755. The summed E-state index contributed by atoms with van der Waals surface area (Å²) in [6.45, 7) is 0.0626. The Hall–Kier alpha value is -2.22. The Labute approximate surface area is 149 Å². The number of nitrogens with zero attached hydrogens (tertiary/aromatic N) is 2. The van der Waals surface area contributed by atoms with Gasteiger partial charge in [-0.2, -0.15) is 5.10 Å². The lowest BCUT2D eigenvalue weighted by molar-refractivity contribution is 0.602. The molecule has 3 rings (SSSR count). The van der Waals surface area contributed by atoms with Crippen LogP contribution in [0.5, 0.6) is 0 Å². The van der Waals surface area contributed by atoms with Gasteiger partial charge in [0.1, 0.15) is 5.82 Å². The van der Waals surface area contributed by atoms with Crippen molar-refractivity contribution in [3.63, 3.8) is 0 Å². The summed E-state index contributed by atoms with van der Waals surface area (Å²) in [6, 6.07) is 12.5. The van der Waals surface area contributed by atoms with E-state index in [0.717, 1.165) is 11.8 Å². The summed E-state index contributed by atoms with van der Waals surface area (Å²) in [5, 5.41) is 4.50. The summed E-state index contributed by atoms with van der Waals surface area (Å²) in [4.78, 5) is 0.223. The van der Waals surface area contributed by atoms with Crippen LogP contribution in [0.1, 0.15) is 5.56 Å². The minimum atomic E-state index is -3.28. The fourth-order valence-electron chi connectivity index (χ4n) is 2.48. The SMILES string of the molecule is CS(=O)(=O)c1ccc(-c2cc(Cl)nn2-c2ccc(F)c(CN)c2)cc1. The molecule has 130 valence electrons. The van der Waals surface area contributed by atoms with Crippen molar-refractivity contribution >= 4 is 21.4 Å². The van der Waals surface area contributed by atoms with E-state index in [2.05, 4.69) is 5.10 Å². The number of aromatic nitrogens is 2. The molecule has 2 N–H and O–H groups in total. The second-order valence-electron chi connectivity index (χ2n) is 5.54. The van der Waals surface area contributed by atoms with E-state index < -0.39 is 9.84 Å². The Morgan fingerprint density at radius 2 is 1.84 bits per heavy atom. The highest BCUT2D eigenvalue weighted by Gasteiger charge is 2.14. The number of hydrogen-bond donors (Lipinski definition) is 1. The Morgan fingerprint density at radius 1 is 1.16 bits per heavy atom. The van der Waals surface area contributed by atoms with Gasteiger partial charge in [-0.1, -0.05) is 23.7 Å². The third-order valence-electron chi connectivity index (χ3n) is 3.75. The molecule has 0 atom stereocenters. The van der Waals surface area contributed by atoms with E-state index in [9.17, 15) is 12.8 Å². The lowest BCUT2D eigenvalue weighted by Gasteiger charge is -2.10. The predicted molar refractivity (Wildman–Crippen MR) is 95.0 cm³/mol. The van der Waals surface area contributed by atoms with Gasteiger partial charge in [0.2, 0.25) is 0 Å². The standard InChI is InChI=1S/C17H15ClFN3O2S/c1-25(23,24)14-5-2-11(3-6-14)16-9-17(18)21-22(16)13-4-7-15(19)12(8-13)10-20/h2-9H,10,20H2,1H3. The highest BCUT2D eigenvalue weighted by molar-refractivity contribution is 7.90. The minimum Gasteiger partial charge on any atom is -0.326 e. The Bertz CT molecular complexity index is 1030. The van der Waals surface area contributed by atoms with Gasteiger partial charge in [-0.05, 0) is 30.3 Å². The van der Waals surface area contributed by atoms with E-state index in [0.29, 0.717) is 16.9 Å². The van der Waals surface area contributed by atoms with Gasteiger partial charge in [0.05, 0.1) is 16.3 Å². The van der Waals surface area contributed by atoms with E-state index in [1.54, 1.807) is 35.0 Å². The second-order valence-corrected chi connectivity index (χ2v) is 7.94. The van der Waals surface area contributed by atoms with Crippen LogP contribution in [0.4, 0.5) is 4.39 Å². The van der Waals surface area contributed by atoms with Gasteiger partial charge in [0, 0.05) is 30.0 Å². The van der Waals surface area contributed by atoms with Gasteiger partial charge in [-0.3, -0.25) is 0 Å². The zero-order chi connectivity index (χ0) is 18.2. The highest BCUT2D eigenvalue weighted by atomic mass is 35.5. The van der Waals surface area contributed by atoms with Crippen molar-refractivity contribution in [1.82, 2.24) is 9.78 Å².